The van der Waals surface area contributed by atoms with Gasteiger partial charge in [0.25, 0.3) is 0 Å². The maximum atomic E-state index is 6.23. The van der Waals surface area contributed by atoms with Gasteiger partial charge >= 0.3 is 0 Å². The highest BCUT2D eigenvalue weighted by molar-refractivity contribution is 5.19. The molecule has 1 rings (SSSR count). The second kappa shape index (κ2) is 5.89. The van der Waals surface area contributed by atoms with Gasteiger partial charge in [0.2, 0.25) is 0 Å². The second-order valence-corrected chi connectivity index (χ2v) is 4.16. The molecule has 0 aromatic heterocycles. The Labute approximate surface area is 93.1 Å². The molecule has 84 valence electrons. The van der Waals surface area contributed by atoms with Gasteiger partial charge in [-0.15, -0.1) is 0 Å². The van der Waals surface area contributed by atoms with Crippen LogP contribution in [0.1, 0.15) is 31.9 Å². The van der Waals surface area contributed by atoms with Crippen LogP contribution in [0.25, 0.3) is 0 Å². The summed E-state index contributed by atoms with van der Waals surface area (Å²) >= 11 is 0. The highest BCUT2D eigenvalue weighted by atomic mass is 15.1. The Kier molecular flexibility index (Phi) is 4.79. The van der Waals surface area contributed by atoms with Gasteiger partial charge in [-0.1, -0.05) is 37.3 Å². The average molecular weight is 206 g/mol. The van der Waals surface area contributed by atoms with Gasteiger partial charge in [0, 0.05) is 12.1 Å². The summed E-state index contributed by atoms with van der Waals surface area (Å²) in [7, 11) is 2.14. The van der Waals surface area contributed by atoms with E-state index in [0.717, 1.165) is 6.54 Å². The molecule has 2 nitrogen and oxygen atoms in total. The molecular weight excluding hydrogens is 184 g/mol. The Morgan fingerprint density at radius 2 is 1.87 bits per heavy atom. The number of hydrogen-bond acceptors (Lipinski definition) is 2. The summed E-state index contributed by atoms with van der Waals surface area (Å²) in [5.74, 6) is 0. The first kappa shape index (κ1) is 12.2. The highest BCUT2D eigenvalue weighted by Crippen LogP contribution is 2.17. The van der Waals surface area contributed by atoms with Crippen LogP contribution in [-0.2, 0) is 0 Å². The van der Waals surface area contributed by atoms with E-state index in [0.29, 0.717) is 6.04 Å². The molecule has 15 heavy (non-hydrogen) atoms. The van der Waals surface area contributed by atoms with Crippen molar-refractivity contribution in [2.75, 3.05) is 13.6 Å². The summed E-state index contributed by atoms with van der Waals surface area (Å²) in [4.78, 5) is 2.32. The summed E-state index contributed by atoms with van der Waals surface area (Å²) in [6, 6.07) is 10.8. The van der Waals surface area contributed by atoms with Crippen LogP contribution in [0.2, 0.25) is 0 Å². The van der Waals surface area contributed by atoms with Crippen molar-refractivity contribution in [2.24, 2.45) is 5.73 Å². The molecule has 0 bridgehead atoms. The summed E-state index contributed by atoms with van der Waals surface area (Å²) in [6.07, 6.45) is 1.17. The third-order valence-electron chi connectivity index (χ3n) is 2.98. The van der Waals surface area contributed by atoms with Crippen LogP contribution in [-0.4, -0.2) is 24.5 Å². The molecule has 0 saturated heterocycles. The van der Waals surface area contributed by atoms with Crippen molar-refractivity contribution < 1.29 is 0 Å². The first-order valence-electron chi connectivity index (χ1n) is 5.67. The van der Waals surface area contributed by atoms with Crippen LogP contribution in [0.3, 0.4) is 0 Å². The lowest BCUT2D eigenvalue weighted by Crippen LogP contribution is -2.38. The van der Waals surface area contributed by atoms with Crippen LogP contribution in [0.5, 0.6) is 0 Å². The summed E-state index contributed by atoms with van der Waals surface area (Å²) < 4.78 is 0. The zero-order valence-electron chi connectivity index (χ0n) is 9.98. The van der Waals surface area contributed by atoms with E-state index in [2.05, 4.69) is 37.9 Å². The predicted octanol–water partition coefficient (Wildman–Crippen LogP) is 2.42. The molecule has 0 radical (unpaired) electrons. The number of nitrogens with two attached hydrogens (primary N) is 1. The third-order valence-corrected chi connectivity index (χ3v) is 2.98. The summed E-state index contributed by atoms with van der Waals surface area (Å²) in [5, 5.41) is 0. The van der Waals surface area contributed by atoms with E-state index in [1.54, 1.807) is 0 Å². The first-order valence-corrected chi connectivity index (χ1v) is 5.67. The fraction of sp³-hybridized carbons (Fsp3) is 0.538. The SMILES string of the molecule is CCCN(C)C(C)C(N)c1ccccc1. The zero-order chi connectivity index (χ0) is 11.3. The van der Waals surface area contributed by atoms with Gasteiger partial charge in [0.1, 0.15) is 0 Å². The monoisotopic (exact) mass is 206 g/mol. The van der Waals surface area contributed by atoms with Crippen molar-refractivity contribution in [1.29, 1.82) is 0 Å². The van der Waals surface area contributed by atoms with Crippen molar-refractivity contribution in [3.05, 3.63) is 35.9 Å². The molecule has 1 aromatic carbocycles. The quantitative estimate of drug-likeness (QED) is 0.801. The fourth-order valence-corrected chi connectivity index (χ4v) is 1.78. The van der Waals surface area contributed by atoms with E-state index in [1.165, 1.54) is 12.0 Å². The standard InChI is InChI=1S/C13H22N2/c1-4-10-15(3)11(2)13(14)12-8-6-5-7-9-12/h5-9,11,13H,4,10,14H2,1-3H3. The lowest BCUT2D eigenvalue weighted by atomic mass is 10.0. The van der Waals surface area contributed by atoms with Crippen LogP contribution >= 0.6 is 0 Å². The predicted molar refractivity (Wildman–Crippen MR) is 65.8 cm³/mol. The maximum absolute atomic E-state index is 6.23. The van der Waals surface area contributed by atoms with E-state index in [-0.39, 0.29) is 6.04 Å². The van der Waals surface area contributed by atoms with Gasteiger partial charge in [-0.05, 0) is 32.5 Å². The van der Waals surface area contributed by atoms with Crippen molar-refractivity contribution in [1.82, 2.24) is 4.90 Å². The first-order chi connectivity index (χ1) is 7.16. The van der Waals surface area contributed by atoms with Crippen LogP contribution < -0.4 is 5.73 Å². The minimum absolute atomic E-state index is 0.0998. The molecule has 1 aromatic rings. The summed E-state index contributed by atoms with van der Waals surface area (Å²) in [5.41, 5.74) is 7.44. The normalized spacial score (nSPS) is 15.3. The molecule has 0 aliphatic heterocycles. The molecule has 2 unspecified atom stereocenters. The zero-order valence-corrected chi connectivity index (χ0v) is 9.98. The minimum atomic E-state index is 0.0998. The second-order valence-electron chi connectivity index (χ2n) is 4.16. The molecule has 0 amide bonds. The van der Waals surface area contributed by atoms with E-state index < -0.39 is 0 Å². The number of benzene rings is 1. The van der Waals surface area contributed by atoms with Crippen LogP contribution in [0.15, 0.2) is 30.3 Å². The Morgan fingerprint density at radius 1 is 1.27 bits per heavy atom. The summed E-state index contributed by atoms with van der Waals surface area (Å²) in [6.45, 7) is 5.48. The molecule has 0 spiro atoms. The van der Waals surface area contributed by atoms with E-state index in [1.807, 2.05) is 18.2 Å². The molecule has 2 atom stereocenters. The fourth-order valence-electron chi connectivity index (χ4n) is 1.78. The van der Waals surface area contributed by atoms with E-state index >= 15 is 0 Å². The highest BCUT2D eigenvalue weighted by Gasteiger charge is 2.17. The lowest BCUT2D eigenvalue weighted by Gasteiger charge is -2.29. The van der Waals surface area contributed by atoms with Crippen molar-refractivity contribution in [2.45, 2.75) is 32.4 Å². The minimum Gasteiger partial charge on any atom is -0.323 e. The van der Waals surface area contributed by atoms with Gasteiger partial charge < -0.3 is 10.6 Å². The number of nitrogens with zero attached hydrogens (tertiary/aromatic N) is 1. The van der Waals surface area contributed by atoms with Gasteiger partial charge in [-0.2, -0.15) is 0 Å². The van der Waals surface area contributed by atoms with Gasteiger partial charge in [-0.3, -0.25) is 0 Å². The van der Waals surface area contributed by atoms with E-state index in [9.17, 15) is 0 Å². The molecule has 0 aliphatic rings. The Bertz CT molecular complexity index is 271. The molecule has 0 saturated carbocycles. The van der Waals surface area contributed by atoms with Gasteiger partial charge in [0.15, 0.2) is 0 Å². The maximum Gasteiger partial charge on any atom is 0.0450 e. The molecule has 0 heterocycles. The number of hydrogen-bond donors (Lipinski definition) is 1. The lowest BCUT2D eigenvalue weighted by molar-refractivity contribution is 0.227. The molecule has 0 aliphatic carbocycles. The van der Waals surface area contributed by atoms with Crippen molar-refractivity contribution in [3.8, 4) is 0 Å². The number of rotatable bonds is 5. The van der Waals surface area contributed by atoms with Crippen molar-refractivity contribution >= 4 is 0 Å². The smallest absolute Gasteiger partial charge is 0.0450 e. The number of likely N-dealkylation sites (N-methyl/N-ethyl adjacent to an activating group) is 1. The van der Waals surface area contributed by atoms with E-state index in [4.69, 9.17) is 5.73 Å². The Hall–Kier alpha value is -0.860. The van der Waals surface area contributed by atoms with Crippen LogP contribution in [0.4, 0.5) is 0 Å². The molecule has 2 N–H and O–H groups in total. The third kappa shape index (κ3) is 3.33. The Balaban J connectivity index is 2.64. The topological polar surface area (TPSA) is 29.3 Å². The van der Waals surface area contributed by atoms with Gasteiger partial charge in [0.05, 0.1) is 0 Å². The van der Waals surface area contributed by atoms with Crippen molar-refractivity contribution in [3.63, 3.8) is 0 Å². The molecular formula is C13H22N2. The molecule has 0 fully saturated rings. The van der Waals surface area contributed by atoms with Gasteiger partial charge in [-0.25, -0.2) is 0 Å². The molecule has 2 heteroatoms. The average Bonchev–Trinajstić information content (AvgIpc) is 2.28. The van der Waals surface area contributed by atoms with Crippen LogP contribution in [0, 0.1) is 0 Å². The Morgan fingerprint density at radius 3 is 2.40 bits per heavy atom. The largest absolute Gasteiger partial charge is 0.323 e.